The summed E-state index contributed by atoms with van der Waals surface area (Å²) in [6.07, 6.45) is 0. The van der Waals surface area contributed by atoms with Crippen LogP contribution < -0.4 is 4.74 Å². The van der Waals surface area contributed by atoms with Crippen LogP contribution in [0.15, 0.2) is 30.3 Å². The van der Waals surface area contributed by atoms with E-state index in [2.05, 4.69) is 6.07 Å². The molecule has 2 rings (SSSR count). The number of hydrogen-bond acceptors (Lipinski definition) is 1. The second-order valence-electron chi connectivity index (χ2n) is 2.74. The quantitative estimate of drug-likeness (QED) is 0.647. The first kappa shape index (κ1) is 8.05. The van der Waals surface area contributed by atoms with E-state index < -0.39 is 0 Å². The van der Waals surface area contributed by atoms with E-state index in [9.17, 15) is 4.39 Å². The van der Waals surface area contributed by atoms with Crippen LogP contribution in [0.1, 0.15) is 0 Å². The highest BCUT2D eigenvalue weighted by Crippen LogP contribution is 2.22. The number of methoxy groups -OCH3 is 1. The van der Waals surface area contributed by atoms with Crippen LogP contribution in [0.3, 0.4) is 0 Å². The molecule has 0 bridgehead atoms. The van der Waals surface area contributed by atoms with Gasteiger partial charge in [-0.25, -0.2) is 4.39 Å². The maximum atomic E-state index is 13.3. The zero-order valence-electron chi connectivity index (χ0n) is 7.17. The number of benzene rings is 2. The van der Waals surface area contributed by atoms with Gasteiger partial charge in [0.1, 0.15) is 11.6 Å². The fraction of sp³-hybridized carbons (Fsp3) is 0.0909. The molecule has 0 aromatic heterocycles. The van der Waals surface area contributed by atoms with Crippen molar-refractivity contribution in [3.63, 3.8) is 0 Å². The molecule has 0 unspecified atom stereocenters. The lowest BCUT2D eigenvalue weighted by atomic mass is 10.1. The fourth-order valence-corrected chi connectivity index (χ4v) is 1.29. The molecule has 0 aliphatic rings. The third-order valence-electron chi connectivity index (χ3n) is 1.94. The number of ether oxygens (including phenoxy) is 1. The van der Waals surface area contributed by atoms with E-state index in [1.165, 1.54) is 7.11 Å². The third-order valence-corrected chi connectivity index (χ3v) is 1.94. The lowest BCUT2D eigenvalue weighted by Gasteiger charge is -2.02. The minimum absolute atomic E-state index is 0.366. The van der Waals surface area contributed by atoms with Crippen LogP contribution in [0.5, 0.6) is 5.75 Å². The van der Waals surface area contributed by atoms with E-state index in [4.69, 9.17) is 4.74 Å². The van der Waals surface area contributed by atoms with E-state index in [1.54, 1.807) is 18.2 Å². The van der Waals surface area contributed by atoms with Gasteiger partial charge in [-0.15, -0.1) is 0 Å². The van der Waals surface area contributed by atoms with Gasteiger partial charge in [-0.2, -0.15) is 0 Å². The van der Waals surface area contributed by atoms with Crippen molar-refractivity contribution < 1.29 is 9.13 Å². The molecule has 0 aliphatic carbocycles. The molecule has 1 nitrogen and oxygen atoms in total. The van der Waals surface area contributed by atoms with Crippen molar-refractivity contribution in [1.82, 2.24) is 0 Å². The van der Waals surface area contributed by atoms with Crippen LogP contribution in [0.25, 0.3) is 10.8 Å². The Balaban J connectivity index is 2.77. The van der Waals surface area contributed by atoms with Gasteiger partial charge in [-0.05, 0) is 11.5 Å². The molecule has 1 radical (unpaired) electrons. The van der Waals surface area contributed by atoms with Gasteiger partial charge in [-0.3, -0.25) is 0 Å². The van der Waals surface area contributed by atoms with Gasteiger partial charge in [0.05, 0.1) is 13.2 Å². The topological polar surface area (TPSA) is 9.23 Å². The molecule has 2 aromatic rings. The molecule has 0 spiro atoms. The average Bonchev–Trinajstić information content (AvgIpc) is 2.18. The van der Waals surface area contributed by atoms with Crippen molar-refractivity contribution in [2.75, 3.05) is 7.11 Å². The minimum atomic E-state index is -0.366. The van der Waals surface area contributed by atoms with Gasteiger partial charge >= 0.3 is 0 Å². The van der Waals surface area contributed by atoms with Gasteiger partial charge in [0.25, 0.3) is 0 Å². The molecule has 0 fully saturated rings. The molecule has 0 amide bonds. The Labute approximate surface area is 75.8 Å². The second kappa shape index (κ2) is 3.05. The van der Waals surface area contributed by atoms with E-state index in [1.807, 2.05) is 12.1 Å². The molecular formula is C11H8FO. The lowest BCUT2D eigenvalue weighted by molar-refractivity contribution is 0.411. The van der Waals surface area contributed by atoms with Crippen LogP contribution in [0.2, 0.25) is 0 Å². The summed E-state index contributed by atoms with van der Waals surface area (Å²) in [6, 6.07) is 11.5. The summed E-state index contributed by atoms with van der Waals surface area (Å²) >= 11 is 0. The standard InChI is InChI=1S/C11H8FO/c1-13-9-6-8-4-2-3-5-10(8)11(12)7-9/h2-6H,1H3. The maximum absolute atomic E-state index is 13.3. The summed E-state index contributed by atoms with van der Waals surface area (Å²) in [5.41, 5.74) is 0. The maximum Gasteiger partial charge on any atom is 0.142 e. The number of hydrogen-bond donors (Lipinski definition) is 0. The summed E-state index contributed by atoms with van der Waals surface area (Å²) in [6.45, 7) is 0. The van der Waals surface area contributed by atoms with Crippen molar-refractivity contribution in [2.24, 2.45) is 0 Å². The van der Waals surface area contributed by atoms with Crippen molar-refractivity contribution in [2.45, 2.75) is 0 Å². The van der Waals surface area contributed by atoms with Crippen molar-refractivity contribution in [3.8, 4) is 5.75 Å². The highest BCUT2D eigenvalue weighted by molar-refractivity contribution is 5.84. The van der Waals surface area contributed by atoms with Crippen LogP contribution in [0.4, 0.5) is 4.39 Å². The lowest BCUT2D eigenvalue weighted by Crippen LogP contribution is -1.86. The summed E-state index contributed by atoms with van der Waals surface area (Å²) in [5, 5.41) is 1.40. The predicted molar refractivity (Wildman–Crippen MR) is 49.3 cm³/mol. The van der Waals surface area contributed by atoms with Crippen molar-refractivity contribution in [1.29, 1.82) is 0 Å². The molecule has 13 heavy (non-hydrogen) atoms. The summed E-state index contributed by atoms with van der Waals surface area (Å²) < 4.78 is 18.2. The molecule has 0 N–H and O–H groups in total. The first-order valence-electron chi connectivity index (χ1n) is 3.96. The minimum Gasteiger partial charge on any atom is -0.496 e. The highest BCUT2D eigenvalue weighted by atomic mass is 19.1. The molecule has 0 saturated carbocycles. The molecule has 2 aromatic carbocycles. The zero-order valence-corrected chi connectivity index (χ0v) is 7.17. The number of halogens is 1. The fourth-order valence-electron chi connectivity index (χ4n) is 1.29. The van der Waals surface area contributed by atoms with E-state index in [0.717, 1.165) is 5.39 Å². The summed E-state index contributed by atoms with van der Waals surface area (Å²) in [5.74, 6) is 0.0613. The Morgan fingerprint density at radius 1 is 1.31 bits per heavy atom. The Bertz CT molecular complexity index is 437. The highest BCUT2D eigenvalue weighted by Gasteiger charge is 2.02. The largest absolute Gasteiger partial charge is 0.496 e. The van der Waals surface area contributed by atoms with Crippen molar-refractivity contribution >= 4 is 10.8 Å². The second-order valence-corrected chi connectivity index (χ2v) is 2.74. The van der Waals surface area contributed by atoms with Gasteiger partial charge in [0, 0.05) is 5.39 Å². The molecule has 65 valence electrons. The van der Waals surface area contributed by atoms with Crippen LogP contribution in [0, 0.1) is 11.9 Å². The van der Waals surface area contributed by atoms with E-state index in [-0.39, 0.29) is 5.82 Å². The van der Waals surface area contributed by atoms with Gasteiger partial charge in [0.2, 0.25) is 0 Å². The first-order valence-corrected chi connectivity index (χ1v) is 3.96. The average molecular weight is 175 g/mol. The van der Waals surface area contributed by atoms with E-state index in [0.29, 0.717) is 11.1 Å². The molecule has 0 aliphatic heterocycles. The Kier molecular flexibility index (Phi) is 1.89. The van der Waals surface area contributed by atoms with Gasteiger partial charge < -0.3 is 4.74 Å². The molecule has 0 atom stereocenters. The molecular weight excluding hydrogens is 167 g/mol. The van der Waals surface area contributed by atoms with Crippen LogP contribution in [-0.2, 0) is 0 Å². The SMILES string of the molecule is COc1[c]c(F)c2ccccc2c1. The van der Waals surface area contributed by atoms with Crippen LogP contribution >= 0.6 is 0 Å². The van der Waals surface area contributed by atoms with Crippen LogP contribution in [-0.4, -0.2) is 7.11 Å². The smallest absolute Gasteiger partial charge is 0.142 e. The monoisotopic (exact) mass is 175 g/mol. The Morgan fingerprint density at radius 2 is 2.08 bits per heavy atom. The molecule has 0 heterocycles. The normalized spacial score (nSPS) is 10.3. The summed E-state index contributed by atoms with van der Waals surface area (Å²) in [7, 11) is 1.50. The molecule has 0 saturated heterocycles. The third kappa shape index (κ3) is 1.35. The Morgan fingerprint density at radius 3 is 2.85 bits per heavy atom. The van der Waals surface area contributed by atoms with Gasteiger partial charge in [0.15, 0.2) is 0 Å². The Hall–Kier alpha value is -1.57. The first-order chi connectivity index (χ1) is 6.31. The predicted octanol–water partition coefficient (Wildman–Crippen LogP) is 2.79. The zero-order chi connectivity index (χ0) is 9.26. The molecule has 2 heteroatoms. The van der Waals surface area contributed by atoms with Gasteiger partial charge in [-0.1, -0.05) is 24.3 Å². The number of rotatable bonds is 1. The summed E-state index contributed by atoms with van der Waals surface area (Å²) in [4.78, 5) is 0. The number of fused-ring (bicyclic) bond motifs is 1. The van der Waals surface area contributed by atoms with Crippen molar-refractivity contribution in [3.05, 3.63) is 42.2 Å². The van der Waals surface area contributed by atoms with E-state index >= 15 is 0 Å².